The monoisotopic (exact) mass is 441 g/mol. The summed E-state index contributed by atoms with van der Waals surface area (Å²) in [5.41, 5.74) is 6.82. The van der Waals surface area contributed by atoms with E-state index in [2.05, 4.69) is 5.32 Å². The van der Waals surface area contributed by atoms with Gasteiger partial charge in [0.2, 0.25) is 5.91 Å². The number of nitrogens with one attached hydrogen (secondary N) is 1. The van der Waals surface area contributed by atoms with Crippen molar-refractivity contribution in [2.45, 2.75) is 77.2 Å². The first kappa shape index (κ1) is 24.0. The topological polar surface area (TPSA) is 102 Å². The summed E-state index contributed by atoms with van der Waals surface area (Å²) in [6.07, 6.45) is 11.7. The molecule has 0 bridgehead atoms. The van der Waals surface area contributed by atoms with Crippen LogP contribution in [0, 0.1) is 0 Å². The number of carbonyl (C=O) groups excluding carboxylic acids is 3. The Hall–Kier alpha value is -2.67. The fourth-order valence-electron chi connectivity index (χ4n) is 4.43. The van der Waals surface area contributed by atoms with E-state index in [1.54, 1.807) is 31.2 Å². The number of imide groups is 1. The van der Waals surface area contributed by atoms with Gasteiger partial charge < -0.3 is 15.8 Å². The minimum Gasteiger partial charge on any atom is -0.493 e. The molecule has 0 saturated carbocycles. The number of carbonyl (C=O) groups is 3. The molecule has 2 aliphatic heterocycles. The van der Waals surface area contributed by atoms with Gasteiger partial charge in [0.1, 0.15) is 5.75 Å². The first-order valence-corrected chi connectivity index (χ1v) is 11.9. The molecule has 1 aromatic rings. The Balaban J connectivity index is 1.54. The molecule has 7 heteroatoms. The fourth-order valence-corrected chi connectivity index (χ4v) is 4.43. The summed E-state index contributed by atoms with van der Waals surface area (Å²) in [4.78, 5) is 39.3. The Bertz CT molecular complexity index is 865. The van der Waals surface area contributed by atoms with Crippen LogP contribution in [0.5, 0.6) is 5.75 Å². The summed E-state index contributed by atoms with van der Waals surface area (Å²) in [7, 11) is 0. The van der Waals surface area contributed by atoms with Crippen molar-refractivity contribution in [1.29, 1.82) is 0 Å². The van der Waals surface area contributed by atoms with Crippen LogP contribution in [0.1, 0.15) is 91.8 Å². The summed E-state index contributed by atoms with van der Waals surface area (Å²) in [6, 6.07) is 4.72. The Morgan fingerprint density at radius 2 is 1.72 bits per heavy atom. The predicted molar refractivity (Wildman–Crippen MR) is 123 cm³/mol. The molecule has 3 N–H and O–H groups in total. The Morgan fingerprint density at radius 1 is 1.03 bits per heavy atom. The number of piperidine rings is 1. The van der Waals surface area contributed by atoms with E-state index >= 15 is 0 Å². The molecule has 3 amide bonds. The summed E-state index contributed by atoms with van der Waals surface area (Å²) in [6.45, 7) is 3.09. The normalized spacial score (nSPS) is 19.4. The average molecular weight is 442 g/mol. The molecule has 174 valence electrons. The molecule has 0 aliphatic carbocycles. The van der Waals surface area contributed by atoms with Crippen molar-refractivity contribution in [3.63, 3.8) is 0 Å². The van der Waals surface area contributed by atoms with Gasteiger partial charge in [-0.1, -0.05) is 50.7 Å². The van der Waals surface area contributed by atoms with Crippen LogP contribution in [0.25, 0.3) is 0 Å². The molecule has 1 fully saturated rings. The fraction of sp³-hybridized carbons (Fsp3) is 0.560. The molecule has 0 spiro atoms. The third-order valence-electron chi connectivity index (χ3n) is 6.17. The Labute approximate surface area is 190 Å². The lowest BCUT2D eigenvalue weighted by atomic mass is 10.0. The zero-order chi connectivity index (χ0) is 22.9. The van der Waals surface area contributed by atoms with Gasteiger partial charge in [0.05, 0.1) is 23.8 Å². The van der Waals surface area contributed by atoms with Crippen LogP contribution >= 0.6 is 0 Å². The molecule has 32 heavy (non-hydrogen) atoms. The van der Waals surface area contributed by atoms with Gasteiger partial charge in [-0.05, 0) is 44.9 Å². The van der Waals surface area contributed by atoms with Crippen LogP contribution in [-0.4, -0.2) is 41.8 Å². The molecule has 2 heterocycles. The molecule has 3 rings (SSSR count). The SMILES string of the molecule is C/C=C1/NC(=O)CCC1N1C(=O)c2cccc(OCCCCCCCCCCN)c2C1=O. The molecule has 7 nitrogen and oxygen atoms in total. The smallest absolute Gasteiger partial charge is 0.265 e. The zero-order valence-corrected chi connectivity index (χ0v) is 19.0. The van der Waals surface area contributed by atoms with E-state index in [0.717, 1.165) is 25.8 Å². The number of hydrogen-bond acceptors (Lipinski definition) is 5. The van der Waals surface area contributed by atoms with Gasteiger partial charge in [-0.25, -0.2) is 0 Å². The number of unbranched alkanes of at least 4 members (excludes halogenated alkanes) is 7. The summed E-state index contributed by atoms with van der Waals surface area (Å²) in [5.74, 6) is -0.304. The van der Waals surface area contributed by atoms with E-state index in [0.29, 0.717) is 35.6 Å². The quantitative estimate of drug-likeness (QED) is 0.378. The number of allylic oxidation sites excluding steroid dienone is 1. The maximum absolute atomic E-state index is 13.2. The Morgan fingerprint density at radius 3 is 2.41 bits per heavy atom. The number of nitrogens with zero attached hydrogens (tertiary/aromatic N) is 1. The Kier molecular flexibility index (Phi) is 8.85. The molecular formula is C25H35N3O4. The summed E-state index contributed by atoms with van der Waals surface area (Å²) < 4.78 is 5.94. The lowest BCUT2D eigenvalue weighted by Crippen LogP contribution is -2.48. The maximum atomic E-state index is 13.2. The second-order valence-corrected chi connectivity index (χ2v) is 8.47. The van der Waals surface area contributed by atoms with Gasteiger partial charge in [0.15, 0.2) is 0 Å². The third-order valence-corrected chi connectivity index (χ3v) is 6.17. The number of hydrogen-bond donors (Lipinski definition) is 2. The number of amides is 3. The highest BCUT2D eigenvalue weighted by molar-refractivity contribution is 6.23. The highest BCUT2D eigenvalue weighted by Crippen LogP contribution is 2.35. The van der Waals surface area contributed by atoms with Crippen LogP contribution in [0.2, 0.25) is 0 Å². The zero-order valence-electron chi connectivity index (χ0n) is 19.0. The lowest BCUT2D eigenvalue weighted by molar-refractivity contribution is -0.121. The molecule has 1 aromatic carbocycles. The molecule has 0 aromatic heterocycles. The molecular weight excluding hydrogens is 406 g/mol. The van der Waals surface area contributed by atoms with Gasteiger partial charge in [0.25, 0.3) is 11.8 Å². The third kappa shape index (κ3) is 5.57. The first-order chi connectivity index (χ1) is 15.6. The highest BCUT2D eigenvalue weighted by atomic mass is 16.5. The van der Waals surface area contributed by atoms with Crippen molar-refractivity contribution in [2.24, 2.45) is 5.73 Å². The van der Waals surface area contributed by atoms with Crippen LogP contribution in [0.3, 0.4) is 0 Å². The highest BCUT2D eigenvalue weighted by Gasteiger charge is 2.44. The van der Waals surface area contributed by atoms with Crippen LogP contribution in [-0.2, 0) is 4.79 Å². The van der Waals surface area contributed by atoms with Crippen molar-refractivity contribution in [3.8, 4) is 5.75 Å². The number of rotatable bonds is 12. The second-order valence-electron chi connectivity index (χ2n) is 8.47. The molecule has 1 unspecified atom stereocenters. The van der Waals surface area contributed by atoms with Crippen molar-refractivity contribution in [3.05, 3.63) is 41.1 Å². The molecule has 0 radical (unpaired) electrons. The second kappa shape index (κ2) is 11.8. The van der Waals surface area contributed by atoms with Gasteiger partial charge in [-0.15, -0.1) is 0 Å². The standard InChI is InChI=1S/C25H35N3O4/c1-2-19-20(14-15-22(29)27-19)28-24(30)18-12-11-13-21(23(18)25(28)31)32-17-10-8-6-4-3-5-7-9-16-26/h2,11-13,20H,3-10,14-17,26H2,1H3,(H,27,29)/b19-2+. The maximum Gasteiger partial charge on any atom is 0.265 e. The van der Waals surface area contributed by atoms with E-state index in [1.165, 1.54) is 37.0 Å². The van der Waals surface area contributed by atoms with E-state index in [1.807, 2.05) is 0 Å². The first-order valence-electron chi connectivity index (χ1n) is 11.9. The summed E-state index contributed by atoms with van der Waals surface area (Å²) in [5, 5.41) is 2.79. The van der Waals surface area contributed by atoms with Gasteiger partial charge >= 0.3 is 0 Å². The number of benzene rings is 1. The van der Waals surface area contributed by atoms with Gasteiger partial charge in [0, 0.05) is 12.1 Å². The number of fused-ring (bicyclic) bond motifs is 1. The lowest BCUT2D eigenvalue weighted by Gasteiger charge is -2.32. The predicted octanol–water partition coefficient (Wildman–Crippen LogP) is 3.92. The van der Waals surface area contributed by atoms with Gasteiger partial charge in [-0.2, -0.15) is 0 Å². The van der Waals surface area contributed by atoms with Crippen LogP contribution < -0.4 is 15.8 Å². The largest absolute Gasteiger partial charge is 0.493 e. The molecule has 1 saturated heterocycles. The van der Waals surface area contributed by atoms with Crippen LogP contribution in [0.4, 0.5) is 0 Å². The van der Waals surface area contributed by atoms with E-state index in [-0.39, 0.29) is 24.1 Å². The van der Waals surface area contributed by atoms with E-state index in [9.17, 15) is 14.4 Å². The van der Waals surface area contributed by atoms with Crippen LogP contribution in [0.15, 0.2) is 30.0 Å². The summed E-state index contributed by atoms with van der Waals surface area (Å²) >= 11 is 0. The van der Waals surface area contributed by atoms with Crippen molar-refractivity contribution < 1.29 is 19.1 Å². The van der Waals surface area contributed by atoms with Crippen molar-refractivity contribution in [1.82, 2.24) is 10.2 Å². The number of nitrogens with two attached hydrogens (primary N) is 1. The van der Waals surface area contributed by atoms with E-state index < -0.39 is 6.04 Å². The average Bonchev–Trinajstić information content (AvgIpc) is 3.05. The van der Waals surface area contributed by atoms with Gasteiger partial charge in [-0.3, -0.25) is 19.3 Å². The minimum atomic E-state index is -0.456. The number of ether oxygens (including phenoxy) is 1. The minimum absolute atomic E-state index is 0.0921. The molecule has 1 atom stereocenters. The van der Waals surface area contributed by atoms with Crippen molar-refractivity contribution in [2.75, 3.05) is 13.2 Å². The molecule has 2 aliphatic rings. The van der Waals surface area contributed by atoms with E-state index in [4.69, 9.17) is 10.5 Å². The van der Waals surface area contributed by atoms with Crippen molar-refractivity contribution >= 4 is 17.7 Å².